The minimum absolute atomic E-state index is 0.110. The number of benzene rings is 1. The monoisotopic (exact) mass is 257 g/mol. The number of nitrogens with zero attached hydrogens (tertiary/aromatic N) is 1. The van der Waals surface area contributed by atoms with Crippen molar-refractivity contribution < 1.29 is 9.50 Å². The average Bonchev–Trinajstić information content (AvgIpc) is 2.34. The smallest absolute Gasteiger partial charge is 0.124 e. The van der Waals surface area contributed by atoms with Crippen LogP contribution in [0.3, 0.4) is 0 Å². The Morgan fingerprint density at radius 3 is 2.53 bits per heavy atom. The number of hydrogen-bond donors (Lipinski definition) is 1. The van der Waals surface area contributed by atoms with Crippen molar-refractivity contribution in [2.75, 3.05) is 25.4 Å². The van der Waals surface area contributed by atoms with Gasteiger partial charge >= 0.3 is 0 Å². The molecule has 1 aromatic rings. The molecule has 0 aliphatic heterocycles. The molecule has 96 valence electrons. The van der Waals surface area contributed by atoms with Gasteiger partial charge in [0.15, 0.2) is 0 Å². The Bertz CT molecular complexity index is 342. The number of hydrogen-bond acceptors (Lipinski definition) is 3. The van der Waals surface area contributed by atoms with E-state index < -0.39 is 0 Å². The lowest BCUT2D eigenvalue weighted by molar-refractivity contribution is 0.281. The van der Waals surface area contributed by atoms with Crippen LogP contribution in [-0.4, -0.2) is 35.4 Å². The summed E-state index contributed by atoms with van der Waals surface area (Å²) in [6.45, 7) is 7.26. The number of aliphatic hydroxyl groups excluding tert-OH is 1. The molecule has 0 aliphatic carbocycles. The van der Waals surface area contributed by atoms with Gasteiger partial charge in [-0.2, -0.15) is 0 Å². The molecule has 1 N–H and O–H groups in total. The first-order valence-corrected chi connectivity index (χ1v) is 6.93. The van der Waals surface area contributed by atoms with Gasteiger partial charge in [0.25, 0.3) is 0 Å². The zero-order chi connectivity index (χ0) is 12.7. The van der Waals surface area contributed by atoms with E-state index >= 15 is 0 Å². The highest BCUT2D eigenvalue weighted by atomic mass is 32.2. The fourth-order valence-corrected chi connectivity index (χ4v) is 2.64. The van der Waals surface area contributed by atoms with Gasteiger partial charge < -0.3 is 10.0 Å². The molecule has 0 saturated heterocycles. The number of halogens is 1. The highest BCUT2D eigenvalue weighted by molar-refractivity contribution is 7.99. The number of aliphatic hydroxyl groups is 1. The fraction of sp³-hybridized carbons (Fsp3) is 0.538. The Morgan fingerprint density at radius 2 is 1.94 bits per heavy atom. The second kappa shape index (κ2) is 7.69. The number of rotatable bonds is 7. The molecule has 0 aliphatic rings. The Labute approximate surface area is 107 Å². The van der Waals surface area contributed by atoms with Crippen LogP contribution in [-0.2, 0) is 6.61 Å². The Kier molecular flexibility index (Phi) is 6.55. The van der Waals surface area contributed by atoms with Crippen LogP contribution in [0.25, 0.3) is 0 Å². The maximum Gasteiger partial charge on any atom is 0.124 e. The van der Waals surface area contributed by atoms with Gasteiger partial charge in [-0.05, 0) is 36.9 Å². The molecule has 0 heterocycles. The molecular weight excluding hydrogens is 237 g/mol. The number of thioether (sulfide) groups is 1. The topological polar surface area (TPSA) is 23.5 Å². The molecule has 0 unspecified atom stereocenters. The molecular formula is C13H20FNOS. The molecule has 4 heteroatoms. The standard InChI is InChI=1S/C13H20FNOS/c1-3-15(4-2)5-6-17-13-8-11(10-16)7-12(14)9-13/h7-9,16H,3-6,10H2,1-2H3. The summed E-state index contributed by atoms with van der Waals surface area (Å²) in [4.78, 5) is 3.22. The second-order valence-corrected chi connectivity index (χ2v) is 5.00. The van der Waals surface area contributed by atoms with Crippen molar-refractivity contribution >= 4 is 11.8 Å². The first-order chi connectivity index (χ1) is 8.19. The van der Waals surface area contributed by atoms with Gasteiger partial charge in [-0.1, -0.05) is 13.8 Å². The van der Waals surface area contributed by atoms with Crippen molar-refractivity contribution in [2.45, 2.75) is 25.3 Å². The quantitative estimate of drug-likeness (QED) is 0.760. The predicted octanol–water partition coefficient (Wildman–Crippen LogP) is 2.75. The third kappa shape index (κ3) is 5.06. The molecule has 0 spiro atoms. The molecule has 0 bridgehead atoms. The third-order valence-corrected chi connectivity index (χ3v) is 3.64. The first kappa shape index (κ1) is 14.5. The molecule has 0 atom stereocenters. The van der Waals surface area contributed by atoms with Gasteiger partial charge in [0.1, 0.15) is 5.82 Å². The summed E-state index contributed by atoms with van der Waals surface area (Å²) in [6, 6.07) is 4.73. The normalized spacial score (nSPS) is 11.1. The van der Waals surface area contributed by atoms with Crippen LogP contribution in [0.2, 0.25) is 0 Å². The van der Waals surface area contributed by atoms with E-state index in [1.165, 1.54) is 12.1 Å². The van der Waals surface area contributed by atoms with E-state index in [1.54, 1.807) is 11.8 Å². The van der Waals surface area contributed by atoms with Gasteiger partial charge in [-0.25, -0.2) is 4.39 Å². The SMILES string of the molecule is CCN(CC)CCSc1cc(F)cc(CO)c1. The van der Waals surface area contributed by atoms with Crippen LogP contribution in [0, 0.1) is 5.82 Å². The second-order valence-electron chi connectivity index (χ2n) is 3.83. The maximum absolute atomic E-state index is 13.2. The highest BCUT2D eigenvalue weighted by Gasteiger charge is 2.03. The van der Waals surface area contributed by atoms with Crippen molar-refractivity contribution in [3.8, 4) is 0 Å². The molecule has 0 saturated carbocycles. The zero-order valence-corrected chi connectivity index (χ0v) is 11.3. The maximum atomic E-state index is 13.2. The van der Waals surface area contributed by atoms with E-state index in [2.05, 4.69) is 18.7 Å². The predicted molar refractivity (Wildman–Crippen MR) is 70.8 cm³/mol. The molecule has 1 rings (SSSR count). The van der Waals surface area contributed by atoms with Crippen LogP contribution in [0.1, 0.15) is 19.4 Å². The largest absolute Gasteiger partial charge is 0.392 e. The minimum atomic E-state index is -0.276. The van der Waals surface area contributed by atoms with E-state index in [0.717, 1.165) is 30.3 Å². The summed E-state index contributed by atoms with van der Waals surface area (Å²) in [6.07, 6.45) is 0. The van der Waals surface area contributed by atoms with E-state index in [0.29, 0.717) is 5.56 Å². The lowest BCUT2D eigenvalue weighted by atomic mass is 10.2. The van der Waals surface area contributed by atoms with Crippen molar-refractivity contribution in [2.24, 2.45) is 0 Å². The molecule has 0 fully saturated rings. The van der Waals surface area contributed by atoms with Crippen LogP contribution < -0.4 is 0 Å². The lowest BCUT2D eigenvalue weighted by Crippen LogP contribution is -2.25. The summed E-state index contributed by atoms with van der Waals surface area (Å²) in [5.74, 6) is 0.664. The molecule has 0 aromatic heterocycles. The molecule has 1 aromatic carbocycles. The molecule has 2 nitrogen and oxygen atoms in total. The average molecular weight is 257 g/mol. The van der Waals surface area contributed by atoms with Crippen LogP contribution in [0.5, 0.6) is 0 Å². The molecule has 17 heavy (non-hydrogen) atoms. The van der Waals surface area contributed by atoms with E-state index in [9.17, 15) is 4.39 Å². The van der Waals surface area contributed by atoms with Crippen LogP contribution in [0.4, 0.5) is 4.39 Å². The fourth-order valence-electron chi connectivity index (χ4n) is 1.63. The van der Waals surface area contributed by atoms with E-state index in [1.807, 2.05) is 6.07 Å². The van der Waals surface area contributed by atoms with Gasteiger partial charge in [0.2, 0.25) is 0 Å². The summed E-state index contributed by atoms with van der Waals surface area (Å²) in [7, 11) is 0. The highest BCUT2D eigenvalue weighted by Crippen LogP contribution is 2.21. The van der Waals surface area contributed by atoms with Crippen molar-refractivity contribution in [3.63, 3.8) is 0 Å². The van der Waals surface area contributed by atoms with Crippen molar-refractivity contribution in [1.82, 2.24) is 4.90 Å². The Hall–Kier alpha value is -0.580. The van der Waals surface area contributed by atoms with Crippen molar-refractivity contribution in [3.05, 3.63) is 29.6 Å². The first-order valence-electron chi connectivity index (χ1n) is 5.95. The van der Waals surface area contributed by atoms with Gasteiger partial charge in [-0.15, -0.1) is 11.8 Å². The van der Waals surface area contributed by atoms with E-state index in [-0.39, 0.29) is 12.4 Å². The van der Waals surface area contributed by atoms with Crippen LogP contribution >= 0.6 is 11.8 Å². The third-order valence-electron chi connectivity index (χ3n) is 2.68. The summed E-state index contributed by atoms with van der Waals surface area (Å²) >= 11 is 1.63. The molecule has 0 amide bonds. The lowest BCUT2D eigenvalue weighted by Gasteiger charge is -2.17. The van der Waals surface area contributed by atoms with Gasteiger partial charge in [-0.3, -0.25) is 0 Å². The minimum Gasteiger partial charge on any atom is -0.392 e. The Balaban J connectivity index is 2.48. The van der Waals surface area contributed by atoms with Gasteiger partial charge in [0.05, 0.1) is 6.61 Å². The van der Waals surface area contributed by atoms with Crippen LogP contribution in [0.15, 0.2) is 23.1 Å². The van der Waals surface area contributed by atoms with E-state index in [4.69, 9.17) is 5.11 Å². The molecule has 0 radical (unpaired) electrons. The summed E-state index contributed by atoms with van der Waals surface area (Å²) < 4.78 is 13.2. The summed E-state index contributed by atoms with van der Waals surface area (Å²) in [5, 5.41) is 8.99. The van der Waals surface area contributed by atoms with Crippen molar-refractivity contribution in [1.29, 1.82) is 0 Å². The Morgan fingerprint density at radius 1 is 1.24 bits per heavy atom. The zero-order valence-electron chi connectivity index (χ0n) is 10.4. The van der Waals surface area contributed by atoms with Gasteiger partial charge in [0, 0.05) is 17.2 Å². The summed E-state index contributed by atoms with van der Waals surface area (Å²) in [5.41, 5.74) is 0.635.